The van der Waals surface area contributed by atoms with Gasteiger partial charge < -0.3 is 5.73 Å². The van der Waals surface area contributed by atoms with Gasteiger partial charge in [-0.1, -0.05) is 23.7 Å². The molecule has 0 aliphatic rings. The van der Waals surface area contributed by atoms with Crippen LogP contribution in [0.3, 0.4) is 0 Å². The Morgan fingerprint density at radius 1 is 1.36 bits per heavy atom. The Kier molecular flexibility index (Phi) is 2.35. The molecule has 2 aromatic rings. The second kappa shape index (κ2) is 3.52. The fourth-order valence-electron chi connectivity index (χ4n) is 1.35. The maximum atomic E-state index is 13.4. The van der Waals surface area contributed by atoms with Crippen LogP contribution in [-0.2, 0) is 6.54 Å². The molecule has 0 saturated heterocycles. The zero-order valence-corrected chi connectivity index (χ0v) is 8.05. The predicted octanol–water partition coefficient (Wildman–Crippen LogP) is 2.49. The number of halogens is 2. The van der Waals surface area contributed by atoms with Crippen molar-refractivity contribution in [1.82, 2.24) is 4.98 Å². The molecule has 0 spiro atoms. The topological polar surface area (TPSA) is 38.9 Å². The van der Waals surface area contributed by atoms with Crippen LogP contribution in [-0.4, -0.2) is 4.98 Å². The molecule has 0 bridgehead atoms. The highest BCUT2D eigenvalue weighted by Crippen LogP contribution is 2.24. The van der Waals surface area contributed by atoms with Gasteiger partial charge in [-0.05, 0) is 12.1 Å². The van der Waals surface area contributed by atoms with E-state index in [0.29, 0.717) is 21.6 Å². The van der Waals surface area contributed by atoms with Crippen LogP contribution in [0.2, 0.25) is 5.15 Å². The van der Waals surface area contributed by atoms with Crippen LogP contribution in [0.1, 0.15) is 5.69 Å². The van der Waals surface area contributed by atoms with Gasteiger partial charge in [0.25, 0.3) is 0 Å². The number of nitrogens with two attached hydrogens (primary N) is 1. The lowest BCUT2D eigenvalue weighted by Crippen LogP contribution is -2.00. The van der Waals surface area contributed by atoms with Gasteiger partial charge >= 0.3 is 0 Å². The highest BCUT2D eigenvalue weighted by Gasteiger charge is 2.06. The van der Waals surface area contributed by atoms with Gasteiger partial charge in [0, 0.05) is 17.3 Å². The molecular formula is C10H8ClFN2. The summed E-state index contributed by atoms with van der Waals surface area (Å²) in [6.45, 7) is 0.254. The molecule has 0 fully saturated rings. The molecule has 0 saturated carbocycles. The molecule has 72 valence electrons. The minimum atomic E-state index is -0.304. The maximum Gasteiger partial charge on any atom is 0.137 e. The van der Waals surface area contributed by atoms with Crippen molar-refractivity contribution in [3.8, 4) is 0 Å². The summed E-state index contributed by atoms with van der Waals surface area (Å²) in [5.74, 6) is -0.304. The third-order valence-corrected chi connectivity index (χ3v) is 2.33. The number of hydrogen-bond acceptors (Lipinski definition) is 2. The standard InChI is InChI=1S/C10H8ClFN2/c11-10-7-2-1-3-9(12)8(7)4-6(5-13)14-10/h1-4H,5,13H2. The van der Waals surface area contributed by atoms with Crippen molar-refractivity contribution in [1.29, 1.82) is 0 Å². The van der Waals surface area contributed by atoms with Gasteiger partial charge in [0.05, 0.1) is 5.69 Å². The molecule has 0 unspecified atom stereocenters. The summed E-state index contributed by atoms with van der Waals surface area (Å²) in [6, 6.07) is 6.34. The first-order valence-electron chi connectivity index (χ1n) is 4.16. The molecule has 2 rings (SSSR count). The fourth-order valence-corrected chi connectivity index (χ4v) is 1.63. The lowest BCUT2D eigenvalue weighted by atomic mass is 10.1. The highest BCUT2D eigenvalue weighted by molar-refractivity contribution is 6.34. The fraction of sp³-hybridized carbons (Fsp3) is 0.100. The number of pyridine rings is 1. The molecule has 1 aromatic carbocycles. The summed E-state index contributed by atoms with van der Waals surface area (Å²) in [5.41, 5.74) is 6.01. The first kappa shape index (κ1) is 9.37. The van der Waals surface area contributed by atoms with E-state index in [9.17, 15) is 4.39 Å². The summed E-state index contributed by atoms with van der Waals surface area (Å²) >= 11 is 5.88. The van der Waals surface area contributed by atoms with E-state index in [0.717, 1.165) is 0 Å². The number of nitrogens with zero attached hydrogens (tertiary/aromatic N) is 1. The summed E-state index contributed by atoms with van der Waals surface area (Å²) in [5, 5.41) is 1.37. The largest absolute Gasteiger partial charge is 0.325 e. The first-order valence-corrected chi connectivity index (χ1v) is 4.54. The lowest BCUT2D eigenvalue weighted by molar-refractivity contribution is 0.639. The third kappa shape index (κ3) is 1.45. The zero-order chi connectivity index (χ0) is 10.1. The van der Waals surface area contributed by atoms with Gasteiger partial charge in [-0.25, -0.2) is 9.37 Å². The smallest absolute Gasteiger partial charge is 0.137 e. The van der Waals surface area contributed by atoms with Crippen LogP contribution < -0.4 is 5.73 Å². The number of benzene rings is 1. The Morgan fingerprint density at radius 3 is 2.86 bits per heavy atom. The molecule has 4 heteroatoms. The lowest BCUT2D eigenvalue weighted by Gasteiger charge is -2.03. The van der Waals surface area contributed by atoms with E-state index in [-0.39, 0.29) is 12.4 Å². The second-order valence-corrected chi connectivity index (χ2v) is 3.30. The Bertz CT molecular complexity index is 485. The molecule has 1 heterocycles. The van der Waals surface area contributed by atoms with Crippen LogP contribution in [0, 0.1) is 5.82 Å². The van der Waals surface area contributed by atoms with E-state index in [1.54, 1.807) is 18.2 Å². The van der Waals surface area contributed by atoms with Gasteiger partial charge in [0.1, 0.15) is 11.0 Å². The van der Waals surface area contributed by atoms with Crippen LogP contribution in [0.15, 0.2) is 24.3 Å². The monoisotopic (exact) mass is 210 g/mol. The Labute approximate surface area is 85.5 Å². The van der Waals surface area contributed by atoms with Gasteiger partial charge in [-0.15, -0.1) is 0 Å². The summed E-state index contributed by atoms with van der Waals surface area (Å²) in [6.07, 6.45) is 0. The van der Waals surface area contributed by atoms with E-state index in [2.05, 4.69) is 4.98 Å². The van der Waals surface area contributed by atoms with Crippen molar-refractivity contribution in [2.45, 2.75) is 6.54 Å². The van der Waals surface area contributed by atoms with Gasteiger partial charge in [-0.3, -0.25) is 0 Å². The van der Waals surface area contributed by atoms with Crippen molar-refractivity contribution in [2.24, 2.45) is 5.73 Å². The van der Waals surface area contributed by atoms with E-state index in [1.165, 1.54) is 6.07 Å². The van der Waals surface area contributed by atoms with Gasteiger partial charge in [0.2, 0.25) is 0 Å². The van der Waals surface area contributed by atoms with E-state index in [4.69, 9.17) is 17.3 Å². The van der Waals surface area contributed by atoms with Crippen molar-refractivity contribution in [2.75, 3.05) is 0 Å². The SMILES string of the molecule is NCc1cc2c(F)cccc2c(Cl)n1. The number of aromatic nitrogens is 1. The summed E-state index contributed by atoms with van der Waals surface area (Å²) < 4.78 is 13.4. The molecule has 0 atom stereocenters. The molecule has 0 aliphatic heterocycles. The molecule has 2 nitrogen and oxygen atoms in total. The predicted molar refractivity (Wildman–Crippen MR) is 54.6 cm³/mol. The summed E-state index contributed by atoms with van der Waals surface area (Å²) in [4.78, 5) is 4.03. The van der Waals surface area contributed by atoms with Crippen LogP contribution in [0.25, 0.3) is 10.8 Å². The van der Waals surface area contributed by atoms with Crippen LogP contribution in [0.4, 0.5) is 4.39 Å². The molecular weight excluding hydrogens is 203 g/mol. The van der Waals surface area contributed by atoms with Crippen molar-refractivity contribution in [3.63, 3.8) is 0 Å². The van der Waals surface area contributed by atoms with E-state index in [1.807, 2.05) is 0 Å². The summed E-state index contributed by atoms with van der Waals surface area (Å²) in [7, 11) is 0. The minimum Gasteiger partial charge on any atom is -0.325 e. The normalized spacial score (nSPS) is 10.8. The quantitative estimate of drug-likeness (QED) is 0.735. The Hall–Kier alpha value is -1.19. The van der Waals surface area contributed by atoms with Crippen molar-refractivity contribution < 1.29 is 4.39 Å². The van der Waals surface area contributed by atoms with Crippen LogP contribution in [0.5, 0.6) is 0 Å². The molecule has 14 heavy (non-hydrogen) atoms. The van der Waals surface area contributed by atoms with E-state index >= 15 is 0 Å². The Balaban J connectivity index is 2.83. The van der Waals surface area contributed by atoms with Gasteiger partial charge in [-0.2, -0.15) is 0 Å². The van der Waals surface area contributed by atoms with E-state index < -0.39 is 0 Å². The average Bonchev–Trinajstić information content (AvgIpc) is 2.19. The van der Waals surface area contributed by atoms with Gasteiger partial charge in [0.15, 0.2) is 0 Å². The number of rotatable bonds is 1. The zero-order valence-electron chi connectivity index (χ0n) is 7.30. The molecule has 0 amide bonds. The Morgan fingerprint density at radius 2 is 2.14 bits per heavy atom. The molecule has 1 aromatic heterocycles. The molecule has 0 radical (unpaired) electrons. The van der Waals surface area contributed by atoms with Crippen LogP contribution >= 0.6 is 11.6 Å². The maximum absolute atomic E-state index is 13.4. The highest BCUT2D eigenvalue weighted by atomic mass is 35.5. The van der Waals surface area contributed by atoms with Crippen molar-refractivity contribution >= 4 is 22.4 Å². The van der Waals surface area contributed by atoms with Crippen molar-refractivity contribution in [3.05, 3.63) is 40.9 Å². The number of fused-ring (bicyclic) bond motifs is 1. The first-order chi connectivity index (χ1) is 6.72. The molecule has 2 N–H and O–H groups in total. The third-order valence-electron chi connectivity index (χ3n) is 2.04. The average molecular weight is 211 g/mol. The molecule has 0 aliphatic carbocycles. The second-order valence-electron chi connectivity index (χ2n) is 2.94. The minimum absolute atomic E-state index is 0.254. The number of hydrogen-bond donors (Lipinski definition) is 1.